The molecule has 1 N–H and O–H groups in total. The lowest BCUT2D eigenvalue weighted by Crippen LogP contribution is -2.40. The monoisotopic (exact) mass is 285 g/mol. The Morgan fingerprint density at radius 1 is 1.15 bits per heavy atom. The van der Waals surface area contributed by atoms with E-state index in [4.69, 9.17) is 0 Å². The topological polar surface area (TPSA) is 12.0 Å². The Balaban J connectivity index is 1.87. The first-order valence-corrected chi connectivity index (χ1v) is 8.39. The molecule has 0 amide bonds. The average Bonchev–Trinajstić information content (AvgIpc) is 3.07. The van der Waals surface area contributed by atoms with E-state index in [1.54, 1.807) is 0 Å². The maximum Gasteiger partial charge on any atom is 0.0673 e. The first-order valence-electron chi connectivity index (χ1n) is 7.51. The van der Waals surface area contributed by atoms with Gasteiger partial charge >= 0.3 is 0 Å². The maximum absolute atomic E-state index is 3.94. The molecule has 20 heavy (non-hydrogen) atoms. The van der Waals surface area contributed by atoms with Gasteiger partial charge in [0, 0.05) is 10.9 Å². The SMILES string of the molecule is CC1(C)CCCC1NC(c1ccccc1)c1cccs1. The fraction of sp³-hybridized carbons (Fsp3) is 0.444. The van der Waals surface area contributed by atoms with Crippen molar-refractivity contribution in [3.63, 3.8) is 0 Å². The molecule has 0 bridgehead atoms. The van der Waals surface area contributed by atoms with Gasteiger partial charge in [0.15, 0.2) is 0 Å². The zero-order chi connectivity index (χ0) is 14.0. The molecule has 2 atom stereocenters. The largest absolute Gasteiger partial charge is 0.302 e. The van der Waals surface area contributed by atoms with E-state index >= 15 is 0 Å². The van der Waals surface area contributed by atoms with E-state index < -0.39 is 0 Å². The van der Waals surface area contributed by atoms with Crippen LogP contribution in [0.2, 0.25) is 0 Å². The summed E-state index contributed by atoms with van der Waals surface area (Å²) in [6.45, 7) is 4.79. The summed E-state index contributed by atoms with van der Waals surface area (Å²) in [4.78, 5) is 1.42. The summed E-state index contributed by atoms with van der Waals surface area (Å²) in [6.07, 6.45) is 3.97. The first kappa shape index (κ1) is 13.8. The number of nitrogens with one attached hydrogen (secondary N) is 1. The van der Waals surface area contributed by atoms with Crippen molar-refractivity contribution >= 4 is 11.3 Å². The Morgan fingerprint density at radius 2 is 1.95 bits per heavy atom. The van der Waals surface area contributed by atoms with Gasteiger partial charge in [-0.2, -0.15) is 0 Å². The zero-order valence-electron chi connectivity index (χ0n) is 12.3. The zero-order valence-corrected chi connectivity index (χ0v) is 13.1. The molecule has 0 saturated heterocycles. The molecule has 1 heterocycles. The van der Waals surface area contributed by atoms with Crippen molar-refractivity contribution in [1.82, 2.24) is 5.32 Å². The minimum atomic E-state index is 0.332. The fourth-order valence-corrected chi connectivity index (χ4v) is 4.09. The van der Waals surface area contributed by atoms with Crippen molar-refractivity contribution in [3.8, 4) is 0 Å². The summed E-state index contributed by atoms with van der Waals surface area (Å²) >= 11 is 1.85. The maximum atomic E-state index is 3.94. The van der Waals surface area contributed by atoms with E-state index in [0.717, 1.165) is 0 Å². The molecule has 0 radical (unpaired) electrons. The van der Waals surface area contributed by atoms with Gasteiger partial charge in [-0.3, -0.25) is 0 Å². The van der Waals surface area contributed by atoms with Crippen LogP contribution >= 0.6 is 11.3 Å². The molecule has 2 aromatic rings. The third-order valence-corrected chi connectivity index (χ3v) is 5.52. The predicted molar refractivity (Wildman–Crippen MR) is 87.2 cm³/mol. The molecular formula is C18H23NS. The number of thiophene rings is 1. The van der Waals surface area contributed by atoms with Gasteiger partial charge < -0.3 is 5.32 Å². The van der Waals surface area contributed by atoms with E-state index in [-0.39, 0.29) is 0 Å². The molecule has 2 unspecified atom stereocenters. The van der Waals surface area contributed by atoms with Crippen LogP contribution in [0.25, 0.3) is 0 Å². The van der Waals surface area contributed by atoms with Crippen LogP contribution in [0.1, 0.15) is 49.6 Å². The van der Waals surface area contributed by atoms with Crippen LogP contribution in [0.3, 0.4) is 0 Å². The molecule has 0 spiro atoms. The summed E-state index contributed by atoms with van der Waals surface area (Å²) in [5, 5.41) is 6.11. The minimum Gasteiger partial charge on any atom is -0.302 e. The molecule has 1 nitrogen and oxygen atoms in total. The average molecular weight is 285 g/mol. The quantitative estimate of drug-likeness (QED) is 0.833. The molecule has 1 aliphatic rings. The first-order chi connectivity index (χ1) is 9.67. The lowest BCUT2D eigenvalue weighted by molar-refractivity contribution is 0.272. The Labute approximate surface area is 126 Å². The van der Waals surface area contributed by atoms with Crippen LogP contribution in [-0.2, 0) is 0 Å². The third-order valence-electron chi connectivity index (χ3n) is 4.59. The normalized spacial score (nSPS) is 22.8. The second-order valence-corrected chi connectivity index (χ2v) is 7.44. The Morgan fingerprint density at radius 3 is 2.55 bits per heavy atom. The van der Waals surface area contributed by atoms with Crippen LogP contribution < -0.4 is 5.32 Å². The third kappa shape index (κ3) is 2.82. The number of hydrogen-bond donors (Lipinski definition) is 1. The van der Waals surface area contributed by atoms with Gasteiger partial charge in [0.2, 0.25) is 0 Å². The molecule has 1 fully saturated rings. The Bertz CT molecular complexity index is 530. The van der Waals surface area contributed by atoms with Crippen LogP contribution in [0.15, 0.2) is 47.8 Å². The summed E-state index contributed by atoms with van der Waals surface area (Å²) in [5.41, 5.74) is 1.78. The van der Waals surface area contributed by atoms with Crippen molar-refractivity contribution in [2.45, 2.75) is 45.2 Å². The minimum absolute atomic E-state index is 0.332. The van der Waals surface area contributed by atoms with Crippen LogP contribution in [0.4, 0.5) is 0 Å². The van der Waals surface area contributed by atoms with Gasteiger partial charge in [-0.1, -0.05) is 56.7 Å². The highest BCUT2D eigenvalue weighted by molar-refractivity contribution is 7.10. The van der Waals surface area contributed by atoms with Crippen molar-refractivity contribution < 1.29 is 0 Å². The second kappa shape index (κ2) is 5.71. The molecule has 106 valence electrons. The highest BCUT2D eigenvalue weighted by atomic mass is 32.1. The van der Waals surface area contributed by atoms with Crippen molar-refractivity contribution in [2.75, 3.05) is 0 Å². The van der Waals surface area contributed by atoms with E-state index in [9.17, 15) is 0 Å². The smallest absolute Gasteiger partial charge is 0.0673 e. The van der Waals surface area contributed by atoms with Gasteiger partial charge in [0.1, 0.15) is 0 Å². The van der Waals surface area contributed by atoms with E-state index in [2.05, 4.69) is 67.0 Å². The molecule has 1 aliphatic carbocycles. The molecule has 1 aromatic heterocycles. The van der Waals surface area contributed by atoms with E-state index in [1.807, 2.05) is 11.3 Å². The van der Waals surface area contributed by atoms with Gasteiger partial charge in [-0.05, 0) is 35.3 Å². The van der Waals surface area contributed by atoms with Gasteiger partial charge in [-0.25, -0.2) is 0 Å². The Kier molecular flexibility index (Phi) is 3.95. The molecule has 1 aromatic carbocycles. The number of benzene rings is 1. The molecule has 2 heteroatoms. The number of rotatable bonds is 4. The van der Waals surface area contributed by atoms with Gasteiger partial charge in [-0.15, -0.1) is 11.3 Å². The highest BCUT2D eigenvalue weighted by Gasteiger charge is 2.36. The van der Waals surface area contributed by atoms with Crippen LogP contribution in [0, 0.1) is 5.41 Å². The van der Waals surface area contributed by atoms with Crippen molar-refractivity contribution in [3.05, 3.63) is 58.3 Å². The standard InChI is InChI=1S/C18H23NS/c1-18(2)12-6-11-16(18)19-17(15-10-7-13-20-15)14-8-4-3-5-9-14/h3-5,7-10,13,16-17,19H,6,11-12H2,1-2H3. The van der Waals surface area contributed by atoms with Gasteiger partial charge in [0.05, 0.1) is 6.04 Å². The predicted octanol–water partition coefficient (Wildman–Crippen LogP) is 5.01. The second-order valence-electron chi connectivity index (χ2n) is 6.46. The lowest BCUT2D eigenvalue weighted by atomic mass is 9.86. The summed E-state index contributed by atoms with van der Waals surface area (Å²) in [7, 11) is 0. The van der Waals surface area contributed by atoms with Gasteiger partial charge in [0.25, 0.3) is 0 Å². The summed E-state index contributed by atoms with van der Waals surface area (Å²) in [5.74, 6) is 0. The van der Waals surface area contributed by atoms with E-state index in [1.165, 1.54) is 29.7 Å². The lowest BCUT2D eigenvalue weighted by Gasteiger charge is -2.32. The van der Waals surface area contributed by atoms with Crippen molar-refractivity contribution in [1.29, 1.82) is 0 Å². The highest BCUT2D eigenvalue weighted by Crippen LogP contribution is 2.39. The van der Waals surface area contributed by atoms with E-state index in [0.29, 0.717) is 17.5 Å². The van der Waals surface area contributed by atoms with Crippen LogP contribution in [0.5, 0.6) is 0 Å². The van der Waals surface area contributed by atoms with Crippen molar-refractivity contribution in [2.24, 2.45) is 5.41 Å². The Hall–Kier alpha value is -1.12. The fourth-order valence-electron chi connectivity index (χ4n) is 3.28. The molecular weight excluding hydrogens is 262 g/mol. The summed E-state index contributed by atoms with van der Waals surface area (Å²) < 4.78 is 0. The molecule has 1 saturated carbocycles. The van der Waals surface area contributed by atoms with Crippen LogP contribution in [-0.4, -0.2) is 6.04 Å². The molecule has 3 rings (SSSR count). The molecule has 0 aliphatic heterocycles. The number of hydrogen-bond acceptors (Lipinski definition) is 2. The summed E-state index contributed by atoms with van der Waals surface area (Å²) in [6, 6.07) is 16.2.